The van der Waals surface area contributed by atoms with Crippen molar-refractivity contribution in [2.45, 2.75) is 6.04 Å². The zero-order valence-corrected chi connectivity index (χ0v) is 11.0. The van der Waals surface area contributed by atoms with Gasteiger partial charge in [0.15, 0.2) is 17.5 Å². The molecule has 0 spiro atoms. The number of aliphatic carboxylic acids is 1. The van der Waals surface area contributed by atoms with Crippen LogP contribution in [0, 0.1) is 0 Å². The van der Waals surface area contributed by atoms with Crippen molar-refractivity contribution in [3.05, 3.63) is 17.1 Å². The molecule has 2 aromatic rings. The molecule has 2 heterocycles. The van der Waals surface area contributed by atoms with E-state index in [4.69, 9.17) is 5.11 Å². The van der Waals surface area contributed by atoms with Crippen LogP contribution in [0.5, 0.6) is 11.5 Å². The molecule has 1 aliphatic rings. The lowest BCUT2D eigenvalue weighted by molar-refractivity contribution is -0.137. The maximum absolute atomic E-state index is 10.8. The highest BCUT2D eigenvalue weighted by molar-refractivity contribution is 8.15. The Morgan fingerprint density at radius 3 is 2.84 bits per heavy atom. The molecule has 19 heavy (non-hydrogen) atoms. The molecule has 0 bridgehead atoms. The average molecular weight is 296 g/mol. The van der Waals surface area contributed by atoms with Crippen LogP contribution in [-0.2, 0) is 4.79 Å². The van der Waals surface area contributed by atoms with Gasteiger partial charge in [-0.3, -0.25) is 4.99 Å². The molecule has 3 N–H and O–H groups in total. The lowest BCUT2D eigenvalue weighted by atomic mass is 10.3. The molecule has 1 aromatic heterocycles. The Bertz CT molecular complexity index is 710. The minimum absolute atomic E-state index is 0.202. The molecule has 0 amide bonds. The number of thiazole rings is 1. The van der Waals surface area contributed by atoms with Gasteiger partial charge in [-0.25, -0.2) is 9.78 Å². The Kier molecular flexibility index (Phi) is 2.83. The predicted molar refractivity (Wildman–Crippen MR) is 73.4 cm³/mol. The lowest BCUT2D eigenvalue weighted by Gasteiger charge is -1.95. The largest absolute Gasteiger partial charge is 0.504 e. The third kappa shape index (κ3) is 2.02. The number of nitrogens with zero attached hydrogens (tertiary/aromatic N) is 2. The van der Waals surface area contributed by atoms with Crippen molar-refractivity contribution in [2.24, 2.45) is 4.99 Å². The standard InChI is InChI=1S/C11H8N2O4S2/c14-6-2-1-4-8(7(6)15)19-10(12-4)9-13-5(3-18-9)11(16)17/h1-2,5,14-15H,3H2,(H,16,17). The molecule has 98 valence electrons. The van der Waals surface area contributed by atoms with Crippen LogP contribution in [0.4, 0.5) is 0 Å². The topological polar surface area (TPSA) is 103 Å². The van der Waals surface area contributed by atoms with Crippen LogP contribution in [0.3, 0.4) is 0 Å². The van der Waals surface area contributed by atoms with E-state index in [1.54, 1.807) is 6.07 Å². The highest BCUT2D eigenvalue weighted by atomic mass is 32.2. The average Bonchev–Trinajstić information content (AvgIpc) is 2.99. The molecule has 1 unspecified atom stereocenters. The van der Waals surface area contributed by atoms with Crippen LogP contribution >= 0.6 is 23.1 Å². The number of phenolic OH excluding ortho intramolecular Hbond substituents is 2. The summed E-state index contributed by atoms with van der Waals surface area (Å²) in [7, 11) is 0. The van der Waals surface area contributed by atoms with E-state index in [0.717, 1.165) is 0 Å². The number of hydrogen-bond acceptors (Lipinski definition) is 7. The monoisotopic (exact) mass is 296 g/mol. The number of rotatable bonds is 2. The number of aliphatic imine (C=N–C) groups is 1. The zero-order chi connectivity index (χ0) is 13.6. The fourth-order valence-corrected chi connectivity index (χ4v) is 3.78. The lowest BCUT2D eigenvalue weighted by Crippen LogP contribution is -2.17. The molecular formula is C11H8N2O4S2. The van der Waals surface area contributed by atoms with Crippen molar-refractivity contribution in [1.29, 1.82) is 0 Å². The van der Waals surface area contributed by atoms with Gasteiger partial charge in [0.1, 0.15) is 14.8 Å². The fourth-order valence-electron chi connectivity index (χ4n) is 1.68. The van der Waals surface area contributed by atoms with E-state index in [1.165, 1.54) is 29.2 Å². The van der Waals surface area contributed by atoms with Gasteiger partial charge in [0.05, 0.1) is 5.52 Å². The number of carboxylic acids is 1. The van der Waals surface area contributed by atoms with Gasteiger partial charge in [-0.1, -0.05) is 0 Å². The van der Waals surface area contributed by atoms with Crippen LogP contribution in [0.25, 0.3) is 10.2 Å². The molecule has 0 fully saturated rings. The number of benzene rings is 1. The maximum atomic E-state index is 10.8. The van der Waals surface area contributed by atoms with Crippen LogP contribution in [0.15, 0.2) is 17.1 Å². The smallest absolute Gasteiger partial charge is 0.329 e. The second kappa shape index (κ2) is 4.39. The highest BCUT2D eigenvalue weighted by Gasteiger charge is 2.27. The first kappa shape index (κ1) is 12.2. The van der Waals surface area contributed by atoms with Crippen LogP contribution in [-0.4, -0.2) is 43.1 Å². The number of fused-ring (bicyclic) bond motifs is 1. The summed E-state index contributed by atoms with van der Waals surface area (Å²) in [6, 6.07) is 2.22. The van der Waals surface area contributed by atoms with Crippen LogP contribution in [0.1, 0.15) is 5.01 Å². The Hall–Kier alpha value is -1.80. The summed E-state index contributed by atoms with van der Waals surface area (Å²) in [6.07, 6.45) is 0. The van der Waals surface area contributed by atoms with Gasteiger partial charge in [0.2, 0.25) is 0 Å². The van der Waals surface area contributed by atoms with Crippen molar-refractivity contribution in [2.75, 3.05) is 5.75 Å². The second-order valence-electron chi connectivity index (χ2n) is 3.90. The summed E-state index contributed by atoms with van der Waals surface area (Å²) < 4.78 is 0.470. The first-order chi connectivity index (χ1) is 9.06. The molecule has 0 radical (unpaired) electrons. The molecule has 6 nitrogen and oxygen atoms in total. The molecule has 0 saturated heterocycles. The molecule has 3 rings (SSSR count). The molecule has 0 aliphatic carbocycles. The first-order valence-electron chi connectivity index (χ1n) is 5.31. The first-order valence-corrected chi connectivity index (χ1v) is 7.11. The van der Waals surface area contributed by atoms with Crippen molar-refractivity contribution in [3.8, 4) is 11.5 Å². The highest BCUT2D eigenvalue weighted by Crippen LogP contribution is 2.38. The fraction of sp³-hybridized carbons (Fsp3) is 0.182. The van der Waals surface area contributed by atoms with E-state index in [9.17, 15) is 15.0 Å². The number of hydrogen-bond donors (Lipinski definition) is 3. The molecule has 1 aliphatic heterocycles. The van der Waals surface area contributed by atoms with Crippen molar-refractivity contribution >= 4 is 44.3 Å². The van der Waals surface area contributed by atoms with Gasteiger partial charge in [0, 0.05) is 5.75 Å². The van der Waals surface area contributed by atoms with Gasteiger partial charge in [-0.15, -0.1) is 23.1 Å². The van der Waals surface area contributed by atoms with Gasteiger partial charge in [0.25, 0.3) is 0 Å². The van der Waals surface area contributed by atoms with E-state index in [1.807, 2.05) is 0 Å². The number of phenols is 2. The molecule has 0 saturated carbocycles. The van der Waals surface area contributed by atoms with Gasteiger partial charge >= 0.3 is 5.97 Å². The van der Waals surface area contributed by atoms with Crippen LogP contribution < -0.4 is 0 Å². The third-order valence-electron chi connectivity index (χ3n) is 2.63. The quantitative estimate of drug-likeness (QED) is 0.728. The molecule has 8 heteroatoms. The Labute approximate surface area is 115 Å². The van der Waals surface area contributed by atoms with E-state index in [0.29, 0.717) is 26.0 Å². The molecular weight excluding hydrogens is 288 g/mol. The number of aromatic hydroxyl groups is 2. The SMILES string of the molecule is O=C(O)C1CSC(c2nc3ccc(O)c(O)c3s2)=N1. The van der Waals surface area contributed by atoms with E-state index < -0.39 is 12.0 Å². The third-order valence-corrected chi connectivity index (χ3v) is 4.90. The summed E-state index contributed by atoms with van der Waals surface area (Å²) in [6.45, 7) is 0. The van der Waals surface area contributed by atoms with Gasteiger partial charge < -0.3 is 15.3 Å². The molecule has 1 aromatic carbocycles. The summed E-state index contributed by atoms with van der Waals surface area (Å²) >= 11 is 2.51. The minimum atomic E-state index is -0.955. The van der Waals surface area contributed by atoms with E-state index in [2.05, 4.69) is 9.98 Å². The number of carbonyl (C=O) groups is 1. The summed E-state index contributed by atoms with van der Waals surface area (Å²) in [5.41, 5.74) is 0.553. The zero-order valence-electron chi connectivity index (χ0n) is 9.40. The number of aromatic nitrogens is 1. The van der Waals surface area contributed by atoms with Crippen molar-refractivity contribution in [3.63, 3.8) is 0 Å². The Morgan fingerprint density at radius 1 is 1.37 bits per heavy atom. The van der Waals surface area contributed by atoms with Crippen LogP contribution in [0.2, 0.25) is 0 Å². The summed E-state index contributed by atoms with van der Waals surface area (Å²) in [4.78, 5) is 19.2. The normalized spacial score (nSPS) is 18.7. The summed E-state index contributed by atoms with van der Waals surface area (Å²) in [5.74, 6) is -0.978. The van der Waals surface area contributed by atoms with Crippen molar-refractivity contribution in [1.82, 2.24) is 4.98 Å². The van der Waals surface area contributed by atoms with Crippen molar-refractivity contribution < 1.29 is 20.1 Å². The number of carboxylic acid groups (broad SMARTS) is 1. The molecule has 1 atom stereocenters. The van der Waals surface area contributed by atoms with E-state index in [-0.39, 0.29) is 11.5 Å². The predicted octanol–water partition coefficient (Wildman–Crippen LogP) is 1.65. The minimum Gasteiger partial charge on any atom is -0.504 e. The Morgan fingerprint density at radius 2 is 2.16 bits per heavy atom. The number of thioether (sulfide) groups is 1. The van der Waals surface area contributed by atoms with Gasteiger partial charge in [-0.05, 0) is 12.1 Å². The van der Waals surface area contributed by atoms with E-state index >= 15 is 0 Å². The van der Waals surface area contributed by atoms with Gasteiger partial charge in [-0.2, -0.15) is 0 Å². The maximum Gasteiger partial charge on any atom is 0.329 e. The Balaban J connectivity index is 2.05. The summed E-state index contributed by atoms with van der Waals surface area (Å²) in [5, 5.41) is 29.2. The second-order valence-corrected chi connectivity index (χ2v) is 5.91.